The van der Waals surface area contributed by atoms with Gasteiger partial charge in [0.05, 0.1) is 17.8 Å². The Kier molecular flexibility index (Phi) is 21.1. The summed E-state index contributed by atoms with van der Waals surface area (Å²) < 4.78 is 88.3. The minimum Gasteiger partial charge on any atom is -0.691 e. The van der Waals surface area contributed by atoms with E-state index in [1.165, 1.54) is 64.2 Å². The van der Waals surface area contributed by atoms with E-state index in [-0.39, 0.29) is 18.0 Å². The van der Waals surface area contributed by atoms with Crippen LogP contribution in [-0.2, 0) is 19.2 Å². The fourth-order valence-electron chi connectivity index (χ4n) is 5.18. The van der Waals surface area contributed by atoms with Crippen LogP contribution in [0.25, 0.3) is 0 Å². The van der Waals surface area contributed by atoms with Gasteiger partial charge in [0, 0.05) is 0 Å². The average molecular weight is 630 g/mol. The van der Waals surface area contributed by atoms with Crippen molar-refractivity contribution in [2.24, 2.45) is 5.92 Å². The Morgan fingerprint density at radius 2 is 1.00 bits per heavy atom. The van der Waals surface area contributed by atoms with Crippen LogP contribution in [0, 0.1) is 29.2 Å². The van der Waals surface area contributed by atoms with Crippen LogP contribution in [-0.4, -0.2) is 14.2 Å². The summed E-state index contributed by atoms with van der Waals surface area (Å²) >= 11 is -0.379. The van der Waals surface area contributed by atoms with Crippen molar-refractivity contribution in [3.63, 3.8) is 0 Å². The molecule has 41 heavy (non-hydrogen) atoms. The predicted octanol–water partition coefficient (Wildman–Crippen LogP) is 9.71. The van der Waals surface area contributed by atoms with E-state index in [4.69, 9.17) is 0 Å². The number of hydrogen-bond donors (Lipinski definition) is 0. The first-order valence-corrected chi connectivity index (χ1v) is 17.8. The van der Waals surface area contributed by atoms with Crippen LogP contribution in [0.3, 0.4) is 0 Å². The Morgan fingerprint density at radius 3 is 1.37 bits per heavy atom. The Bertz CT molecular complexity index is 918. The number of sulfone groups is 1. The number of unbranched alkanes of at least 4 members (excludes halogenated alkanes) is 16. The van der Waals surface area contributed by atoms with E-state index in [2.05, 4.69) is 23.2 Å². The molecule has 5 nitrogen and oxygen atoms in total. The van der Waals surface area contributed by atoms with Gasteiger partial charge in [0.25, 0.3) is 0 Å². The Hall–Kier alpha value is -0.880. The van der Waals surface area contributed by atoms with Crippen molar-refractivity contribution in [1.82, 2.24) is 0 Å². The zero-order chi connectivity index (χ0) is 30.5. The molecule has 1 atom stereocenters. The fourth-order valence-corrected chi connectivity index (χ4v) is 7.44. The van der Waals surface area contributed by atoms with Crippen molar-refractivity contribution in [2.75, 3.05) is 5.75 Å². The molecule has 0 amide bonds. The summed E-state index contributed by atoms with van der Waals surface area (Å²) in [6.07, 6.45) is 21.0. The third-order valence-corrected chi connectivity index (χ3v) is 10.1. The minimum absolute atomic E-state index is 0.379. The smallest absolute Gasteiger partial charge is 0.184 e. The highest BCUT2D eigenvalue weighted by atomic mass is 32.2. The van der Waals surface area contributed by atoms with Crippen LogP contribution in [0.2, 0.25) is 0 Å². The van der Waals surface area contributed by atoms with Crippen LogP contribution in [0.5, 0.6) is 0 Å². The second-order valence-electron chi connectivity index (χ2n) is 11.0. The highest BCUT2D eigenvalue weighted by molar-refractivity contribution is 7.94. The normalized spacial score (nSPS) is 12.8. The van der Waals surface area contributed by atoms with E-state index in [0.717, 1.165) is 51.4 Å². The van der Waals surface area contributed by atoms with Crippen LogP contribution in [0.4, 0.5) is 17.6 Å². The zero-order valence-electron chi connectivity index (χ0n) is 24.8. The summed E-state index contributed by atoms with van der Waals surface area (Å²) in [6.45, 7) is 4.35. The third kappa shape index (κ3) is 14.9. The average Bonchev–Trinajstić information content (AvgIpc) is 2.94. The van der Waals surface area contributed by atoms with E-state index in [0.29, 0.717) is 12.8 Å². The van der Waals surface area contributed by atoms with Crippen molar-refractivity contribution in [3.05, 3.63) is 23.3 Å². The summed E-state index contributed by atoms with van der Waals surface area (Å²) in [5.74, 6) is -8.97. The van der Waals surface area contributed by atoms with Gasteiger partial charge in [-0.05, 0) is 18.8 Å². The number of rotatable bonds is 26. The Balaban J connectivity index is 2.81. The molecule has 0 saturated carbocycles. The maximum atomic E-state index is 14.7. The summed E-state index contributed by atoms with van der Waals surface area (Å²) in [5, 5.41) is 12.9. The molecular formula is C30H49F4O5S2-. The summed E-state index contributed by atoms with van der Waals surface area (Å²) in [5.41, 5.74) is 0. The molecule has 0 aliphatic carbocycles. The van der Waals surface area contributed by atoms with Crippen molar-refractivity contribution in [3.8, 4) is 0 Å². The molecule has 0 N–H and O–H groups in total. The molecule has 0 bridgehead atoms. The maximum absolute atomic E-state index is 14.7. The highest BCUT2D eigenvalue weighted by Crippen LogP contribution is 2.35. The van der Waals surface area contributed by atoms with E-state index in [1.54, 1.807) is 0 Å². The molecule has 1 unspecified atom stereocenters. The Labute approximate surface area is 249 Å². The number of hydrogen-bond acceptors (Lipinski definition) is 6. The minimum atomic E-state index is -4.70. The van der Waals surface area contributed by atoms with Crippen molar-refractivity contribution >= 4 is 21.9 Å². The van der Waals surface area contributed by atoms with Crippen molar-refractivity contribution < 1.29 is 40.6 Å². The number of halogens is 4. The Morgan fingerprint density at radius 1 is 0.634 bits per heavy atom. The van der Waals surface area contributed by atoms with Crippen LogP contribution < -0.4 is 5.26 Å². The molecule has 0 radical (unpaired) electrons. The van der Waals surface area contributed by atoms with Gasteiger partial charge in [0.2, 0.25) is 0 Å². The standard InChI is InChI=1S/C30H50F4O5S2/c1-3-5-7-9-11-13-14-16-18-20-22-24(21-19-17-15-12-10-8-6-4-2)23-41(36,37)30-27(33)25(31)29(40-39-38-35)26(32)28(30)34/h24,35H,3-23H2,1-2H3/p-1. The van der Waals surface area contributed by atoms with Gasteiger partial charge in [-0.15, -0.1) is 0 Å². The first-order valence-electron chi connectivity index (χ1n) is 15.4. The molecule has 1 aromatic rings. The summed E-state index contributed by atoms with van der Waals surface area (Å²) in [7, 11) is -4.70. The van der Waals surface area contributed by atoms with Crippen molar-refractivity contribution in [1.29, 1.82) is 0 Å². The van der Waals surface area contributed by atoms with Gasteiger partial charge < -0.3 is 5.26 Å². The second kappa shape index (κ2) is 22.6. The van der Waals surface area contributed by atoms with E-state index in [9.17, 15) is 31.2 Å². The molecular weight excluding hydrogens is 580 g/mol. The van der Waals surface area contributed by atoms with E-state index >= 15 is 0 Å². The molecule has 1 aromatic carbocycles. The van der Waals surface area contributed by atoms with E-state index < -0.39 is 48.6 Å². The van der Waals surface area contributed by atoms with Crippen molar-refractivity contribution in [2.45, 2.75) is 152 Å². The van der Waals surface area contributed by atoms with Gasteiger partial charge in [0.15, 0.2) is 33.1 Å². The van der Waals surface area contributed by atoms with Gasteiger partial charge in [-0.1, -0.05) is 129 Å². The molecule has 0 spiro atoms. The second-order valence-corrected chi connectivity index (χ2v) is 13.7. The van der Waals surface area contributed by atoms with Crippen LogP contribution in [0.15, 0.2) is 9.79 Å². The van der Waals surface area contributed by atoms with Gasteiger partial charge in [0.1, 0.15) is 9.79 Å². The predicted molar refractivity (Wildman–Crippen MR) is 154 cm³/mol. The molecule has 0 fully saturated rings. The molecule has 0 saturated heterocycles. The largest absolute Gasteiger partial charge is 0.691 e. The lowest BCUT2D eigenvalue weighted by molar-refractivity contribution is -0.777. The molecule has 0 heterocycles. The molecule has 240 valence electrons. The third-order valence-electron chi connectivity index (χ3n) is 7.53. The van der Waals surface area contributed by atoms with Gasteiger partial charge in [-0.25, -0.2) is 26.0 Å². The lowest BCUT2D eigenvalue weighted by Crippen LogP contribution is -2.21. The SMILES string of the molecule is CCCCCCCCCCCCC(CCCCCCCCCC)CS(=O)(=O)c1c(F)c(F)c(SOO[O-])c(F)c1F. The maximum Gasteiger partial charge on any atom is 0.184 e. The topological polar surface area (TPSA) is 75.7 Å². The summed E-state index contributed by atoms with van der Waals surface area (Å²) in [4.78, 5) is -2.96. The first kappa shape index (κ1) is 38.1. The first-order chi connectivity index (χ1) is 19.7. The monoisotopic (exact) mass is 629 g/mol. The molecule has 11 heteroatoms. The van der Waals surface area contributed by atoms with Gasteiger partial charge >= 0.3 is 0 Å². The highest BCUT2D eigenvalue weighted by Gasteiger charge is 2.35. The fraction of sp³-hybridized carbons (Fsp3) is 0.800. The zero-order valence-corrected chi connectivity index (χ0v) is 26.4. The lowest BCUT2D eigenvalue weighted by atomic mass is 9.95. The molecule has 1 rings (SSSR count). The number of benzene rings is 1. The van der Waals surface area contributed by atoms with Gasteiger partial charge in [-0.3, -0.25) is 5.04 Å². The molecule has 0 aliphatic heterocycles. The molecule has 0 aromatic heterocycles. The van der Waals surface area contributed by atoms with Gasteiger partial charge in [-0.2, -0.15) is 4.33 Å². The van der Waals surface area contributed by atoms with E-state index in [1.807, 2.05) is 0 Å². The molecule has 0 aliphatic rings. The quantitative estimate of drug-likeness (QED) is 0.0254. The summed E-state index contributed by atoms with van der Waals surface area (Å²) in [6, 6.07) is 0. The van der Waals surface area contributed by atoms with Crippen LogP contribution in [0.1, 0.15) is 142 Å². The van der Waals surface area contributed by atoms with Crippen LogP contribution >= 0.6 is 12.0 Å². The lowest BCUT2D eigenvalue weighted by Gasteiger charge is -2.19.